The van der Waals surface area contributed by atoms with Crippen LogP contribution in [0.1, 0.15) is 56.5 Å². The van der Waals surface area contributed by atoms with Crippen LogP contribution in [0, 0.1) is 5.92 Å². The first-order valence-electron chi connectivity index (χ1n) is 10.7. The van der Waals surface area contributed by atoms with Gasteiger partial charge in [-0.2, -0.15) is 0 Å². The van der Waals surface area contributed by atoms with Crippen molar-refractivity contribution in [2.24, 2.45) is 10.9 Å². The minimum absolute atomic E-state index is 0.0791. The van der Waals surface area contributed by atoms with Crippen LogP contribution in [-0.2, 0) is 14.8 Å². The Morgan fingerprint density at radius 1 is 1.19 bits per heavy atom. The van der Waals surface area contributed by atoms with Gasteiger partial charge in [-0.3, -0.25) is 14.5 Å². The van der Waals surface area contributed by atoms with Crippen LogP contribution in [-0.4, -0.2) is 26.7 Å². The Balaban J connectivity index is 1.38. The predicted octanol–water partition coefficient (Wildman–Crippen LogP) is 4.31. The number of nitrogens with zero attached hydrogens (tertiary/aromatic N) is 1. The van der Waals surface area contributed by atoms with Crippen LogP contribution in [0.2, 0.25) is 0 Å². The maximum Gasteiger partial charge on any atom is 0.262 e. The van der Waals surface area contributed by atoms with Gasteiger partial charge in [0.2, 0.25) is 5.91 Å². The largest absolute Gasteiger partial charge is 0.461 e. The first-order chi connectivity index (χ1) is 14.9. The van der Waals surface area contributed by atoms with Crippen molar-refractivity contribution in [3.05, 3.63) is 54.0 Å². The van der Waals surface area contributed by atoms with Gasteiger partial charge in [0.25, 0.3) is 10.0 Å². The number of furan rings is 1. The van der Waals surface area contributed by atoms with Crippen LogP contribution in [0.4, 0.5) is 5.69 Å². The van der Waals surface area contributed by atoms with E-state index in [4.69, 9.17) is 4.42 Å². The van der Waals surface area contributed by atoms with Gasteiger partial charge in [-0.25, -0.2) is 8.42 Å². The molecule has 4 rings (SSSR count). The Hall–Kier alpha value is -2.87. The van der Waals surface area contributed by atoms with Crippen LogP contribution in [0.15, 0.2) is 56.8 Å². The number of aliphatic imine (C=N–C) groups is 1. The highest BCUT2D eigenvalue weighted by atomic mass is 32.2. The second kappa shape index (κ2) is 9.09. The molecule has 2 unspecified atom stereocenters. The zero-order chi connectivity index (χ0) is 21.8. The number of carbonyl (C=O) groups excluding carboxylic acids is 1. The Bertz CT molecular complexity index is 1120. The summed E-state index contributed by atoms with van der Waals surface area (Å²) in [7, 11) is -3.76. The smallest absolute Gasteiger partial charge is 0.262 e. The van der Waals surface area contributed by atoms with Crippen molar-refractivity contribution in [3.8, 4) is 0 Å². The molecule has 1 aromatic heterocycles. The molecule has 1 aliphatic carbocycles. The minimum atomic E-state index is -3.76. The summed E-state index contributed by atoms with van der Waals surface area (Å²) in [5.41, 5.74) is 0.396. The number of benzene rings is 1. The summed E-state index contributed by atoms with van der Waals surface area (Å²) in [5, 5.41) is 2.70. The molecule has 2 aromatic rings. The van der Waals surface area contributed by atoms with Crippen LogP contribution < -0.4 is 10.0 Å². The number of nitrogens with one attached hydrogen (secondary N) is 2. The molecular weight excluding hydrogens is 414 g/mol. The number of sulfonamides is 1. The van der Waals surface area contributed by atoms with Gasteiger partial charge in [-0.15, -0.1) is 0 Å². The van der Waals surface area contributed by atoms with Gasteiger partial charge < -0.3 is 9.73 Å². The summed E-state index contributed by atoms with van der Waals surface area (Å²) >= 11 is 0. The molecule has 1 saturated carbocycles. The third kappa shape index (κ3) is 5.64. The summed E-state index contributed by atoms with van der Waals surface area (Å²) in [5.74, 6) is 2.84. The standard InChI is InChI=1S/C23H27N3O4S/c1-16-14-20(16)21-11-9-18(30-21)10-12-23(27)25-17-6-5-7-19(15-17)31(28,29)26-22-8-3-2-4-13-24-22/h5-7,9-12,15-16,20H,2-4,8,13-14H2,1H3,(H,24,26)(H,25,27)/b12-10+. The van der Waals surface area contributed by atoms with Crippen molar-refractivity contribution < 1.29 is 17.6 Å². The second-order valence-electron chi connectivity index (χ2n) is 8.15. The number of hydrogen-bond acceptors (Lipinski definition) is 5. The summed E-state index contributed by atoms with van der Waals surface area (Å²) in [4.78, 5) is 16.7. The highest BCUT2D eigenvalue weighted by Gasteiger charge is 2.36. The molecule has 1 aromatic carbocycles. The lowest BCUT2D eigenvalue weighted by Crippen LogP contribution is -2.30. The van der Waals surface area contributed by atoms with Crippen molar-refractivity contribution >= 4 is 33.5 Å². The van der Waals surface area contributed by atoms with Gasteiger partial charge in [0, 0.05) is 30.6 Å². The number of amidine groups is 1. The molecule has 0 bridgehead atoms. The highest BCUT2D eigenvalue weighted by Crippen LogP contribution is 2.47. The number of anilines is 1. The number of carbonyl (C=O) groups is 1. The molecule has 31 heavy (non-hydrogen) atoms. The summed E-state index contributed by atoms with van der Waals surface area (Å²) in [6, 6.07) is 9.97. The summed E-state index contributed by atoms with van der Waals surface area (Å²) in [6.45, 7) is 2.82. The van der Waals surface area contributed by atoms with Crippen LogP contribution in [0.5, 0.6) is 0 Å². The lowest BCUT2D eigenvalue weighted by Gasteiger charge is -2.11. The third-order valence-corrected chi connectivity index (χ3v) is 6.94. The number of amides is 1. The van der Waals surface area contributed by atoms with E-state index in [-0.39, 0.29) is 10.8 Å². The fourth-order valence-corrected chi connectivity index (χ4v) is 4.76. The molecular formula is C23H27N3O4S. The molecule has 2 aliphatic rings. The molecule has 2 atom stereocenters. The van der Waals surface area contributed by atoms with Gasteiger partial charge in [0.05, 0.1) is 4.90 Å². The maximum absolute atomic E-state index is 12.7. The van der Waals surface area contributed by atoms with E-state index >= 15 is 0 Å². The Kier molecular flexibility index (Phi) is 6.27. The maximum atomic E-state index is 12.7. The van der Waals surface area contributed by atoms with Crippen molar-refractivity contribution in [2.75, 3.05) is 11.9 Å². The van der Waals surface area contributed by atoms with Crippen LogP contribution in [0.25, 0.3) is 6.08 Å². The van der Waals surface area contributed by atoms with Crippen LogP contribution in [0.3, 0.4) is 0 Å². The molecule has 164 valence electrons. The second-order valence-corrected chi connectivity index (χ2v) is 9.84. The first kappa shape index (κ1) is 21.4. The average Bonchev–Trinajstić information content (AvgIpc) is 3.37. The topological polar surface area (TPSA) is 101 Å². The van der Waals surface area contributed by atoms with E-state index in [1.165, 1.54) is 18.2 Å². The molecule has 1 fully saturated rings. The molecule has 1 amide bonds. The van der Waals surface area contributed by atoms with Gasteiger partial charge in [-0.1, -0.05) is 19.4 Å². The van der Waals surface area contributed by atoms with Crippen LogP contribution >= 0.6 is 0 Å². The Morgan fingerprint density at radius 2 is 2.03 bits per heavy atom. The zero-order valence-electron chi connectivity index (χ0n) is 17.5. The Morgan fingerprint density at radius 3 is 2.84 bits per heavy atom. The summed E-state index contributed by atoms with van der Waals surface area (Å²) in [6.07, 6.45) is 7.67. The number of hydrogen-bond donors (Lipinski definition) is 2. The molecule has 2 N–H and O–H groups in total. The average molecular weight is 442 g/mol. The molecule has 2 heterocycles. The van der Waals surface area contributed by atoms with Gasteiger partial charge in [0.15, 0.2) is 0 Å². The molecule has 0 spiro atoms. The van der Waals surface area contributed by atoms with Crippen molar-refractivity contribution in [2.45, 2.75) is 49.8 Å². The van der Waals surface area contributed by atoms with E-state index in [1.54, 1.807) is 18.2 Å². The normalized spacial score (nSPS) is 21.4. The van der Waals surface area contributed by atoms with E-state index < -0.39 is 10.0 Å². The fraction of sp³-hybridized carbons (Fsp3) is 0.391. The Labute approximate surface area is 182 Å². The third-order valence-electron chi connectivity index (χ3n) is 5.56. The monoisotopic (exact) mass is 441 g/mol. The van der Waals surface area contributed by atoms with Crippen molar-refractivity contribution in [1.82, 2.24) is 4.72 Å². The van der Waals surface area contributed by atoms with E-state index in [1.807, 2.05) is 12.1 Å². The zero-order valence-corrected chi connectivity index (χ0v) is 18.3. The van der Waals surface area contributed by atoms with E-state index in [9.17, 15) is 13.2 Å². The molecule has 1 aliphatic heterocycles. The fourth-order valence-electron chi connectivity index (χ4n) is 3.63. The lowest BCUT2D eigenvalue weighted by atomic mass is 10.2. The predicted molar refractivity (Wildman–Crippen MR) is 120 cm³/mol. The summed E-state index contributed by atoms with van der Waals surface area (Å²) < 4.78 is 33.8. The van der Waals surface area contributed by atoms with Crippen molar-refractivity contribution in [3.63, 3.8) is 0 Å². The van der Waals surface area contributed by atoms with E-state index in [2.05, 4.69) is 22.0 Å². The van der Waals surface area contributed by atoms with Gasteiger partial charge >= 0.3 is 0 Å². The minimum Gasteiger partial charge on any atom is -0.461 e. The number of rotatable bonds is 6. The molecule has 7 nitrogen and oxygen atoms in total. The molecule has 8 heteroatoms. The SMILES string of the molecule is CC1CC1c1ccc(/C=C/C(=O)Nc2cccc(S(=O)(=O)NC3=NCCCCC3)c2)o1. The molecule has 0 radical (unpaired) electrons. The van der Waals surface area contributed by atoms with Gasteiger partial charge in [-0.05, 0) is 61.6 Å². The van der Waals surface area contributed by atoms with E-state index in [0.717, 1.165) is 31.4 Å². The molecule has 0 saturated heterocycles. The first-order valence-corrected chi connectivity index (χ1v) is 12.1. The quantitative estimate of drug-likeness (QED) is 0.653. The lowest BCUT2D eigenvalue weighted by molar-refractivity contribution is -0.111. The van der Waals surface area contributed by atoms with Gasteiger partial charge in [0.1, 0.15) is 17.4 Å². The van der Waals surface area contributed by atoms with Crippen molar-refractivity contribution in [1.29, 1.82) is 0 Å². The highest BCUT2D eigenvalue weighted by molar-refractivity contribution is 7.90. The van der Waals surface area contributed by atoms with E-state index in [0.29, 0.717) is 42.1 Å².